The summed E-state index contributed by atoms with van der Waals surface area (Å²) in [6.07, 6.45) is -2.95. The maximum Gasteiger partial charge on any atom is 0.273 e. The van der Waals surface area contributed by atoms with E-state index in [0.717, 1.165) is 19.2 Å². The minimum Gasteiger partial charge on any atom is -0.504 e. The Kier molecular flexibility index (Phi) is 3.79. The molecule has 0 unspecified atom stereocenters. The van der Waals surface area contributed by atoms with E-state index >= 15 is 0 Å². The van der Waals surface area contributed by atoms with E-state index in [-0.39, 0.29) is 5.75 Å². The molecule has 1 atom stereocenters. The van der Waals surface area contributed by atoms with E-state index in [1.807, 2.05) is 0 Å². The fourth-order valence-corrected chi connectivity index (χ4v) is 1.27. The lowest BCUT2D eigenvalue weighted by molar-refractivity contribution is -0.385. The molecular formula is C9H10F2N2O4. The average molecular weight is 248 g/mol. The molecule has 17 heavy (non-hydrogen) atoms. The van der Waals surface area contributed by atoms with E-state index < -0.39 is 34.4 Å². The Morgan fingerprint density at radius 1 is 1.53 bits per heavy atom. The Morgan fingerprint density at radius 2 is 2.12 bits per heavy atom. The number of halogens is 2. The number of nitro benzene ring substituents is 1. The molecule has 0 aliphatic heterocycles. The summed E-state index contributed by atoms with van der Waals surface area (Å²) < 4.78 is 29.5. The molecule has 0 saturated heterocycles. The highest BCUT2D eigenvalue weighted by Crippen LogP contribution is 2.38. The quantitative estimate of drug-likeness (QED) is 0.622. The minimum atomic E-state index is -2.95. The molecule has 0 radical (unpaired) electrons. The molecule has 6 nitrogen and oxygen atoms in total. The predicted molar refractivity (Wildman–Crippen MR) is 54.2 cm³/mol. The summed E-state index contributed by atoms with van der Waals surface area (Å²) in [5.41, 5.74) is 4.24. The number of rotatable bonds is 4. The third-order valence-electron chi connectivity index (χ3n) is 2.15. The first-order chi connectivity index (χ1) is 7.88. The largest absolute Gasteiger partial charge is 0.504 e. The van der Waals surface area contributed by atoms with Gasteiger partial charge in [0.05, 0.1) is 24.1 Å². The van der Waals surface area contributed by atoms with E-state index in [4.69, 9.17) is 5.73 Å². The first kappa shape index (κ1) is 13.1. The third-order valence-corrected chi connectivity index (χ3v) is 2.15. The third kappa shape index (κ3) is 2.59. The van der Waals surface area contributed by atoms with E-state index in [1.165, 1.54) is 0 Å². The van der Waals surface area contributed by atoms with Gasteiger partial charge in [-0.05, 0) is 0 Å². The molecule has 1 rings (SSSR count). The normalized spacial score (nSPS) is 12.5. The maximum absolute atomic E-state index is 12.4. The van der Waals surface area contributed by atoms with Gasteiger partial charge in [0.1, 0.15) is 0 Å². The molecule has 0 aliphatic rings. The van der Waals surface area contributed by atoms with Crippen LogP contribution in [0.25, 0.3) is 0 Å². The summed E-state index contributed by atoms with van der Waals surface area (Å²) in [6.45, 7) is 0. The topological polar surface area (TPSA) is 98.6 Å². The van der Waals surface area contributed by atoms with Crippen LogP contribution in [0.1, 0.15) is 11.6 Å². The Labute approximate surface area is 94.8 Å². The number of methoxy groups -OCH3 is 1. The number of hydrogen-bond donors (Lipinski definition) is 2. The van der Waals surface area contributed by atoms with Crippen molar-refractivity contribution in [2.24, 2.45) is 5.73 Å². The van der Waals surface area contributed by atoms with Crippen molar-refractivity contribution < 1.29 is 23.5 Å². The second-order valence-electron chi connectivity index (χ2n) is 3.20. The summed E-state index contributed by atoms with van der Waals surface area (Å²) >= 11 is 0. The van der Waals surface area contributed by atoms with Crippen LogP contribution in [0.5, 0.6) is 11.5 Å². The standard InChI is InChI=1S/C9H10F2N2O4/c1-17-6-3-4(13(15)16)2-5(8(6)14)7(12)9(10)11/h2-3,7,9,14H,12H2,1H3/t7-/m0/s1. The second kappa shape index (κ2) is 4.91. The molecule has 0 aliphatic carbocycles. The van der Waals surface area contributed by atoms with Crippen molar-refractivity contribution in [3.63, 3.8) is 0 Å². The van der Waals surface area contributed by atoms with Crippen molar-refractivity contribution in [2.45, 2.75) is 12.5 Å². The van der Waals surface area contributed by atoms with Gasteiger partial charge < -0.3 is 15.6 Å². The zero-order valence-electron chi connectivity index (χ0n) is 8.76. The number of nitrogens with two attached hydrogens (primary N) is 1. The van der Waals surface area contributed by atoms with E-state index in [1.54, 1.807) is 0 Å². The highest BCUT2D eigenvalue weighted by Gasteiger charge is 2.26. The molecule has 0 spiro atoms. The van der Waals surface area contributed by atoms with Crippen molar-refractivity contribution >= 4 is 5.69 Å². The molecule has 0 aromatic heterocycles. The van der Waals surface area contributed by atoms with Crippen LogP contribution in [0, 0.1) is 10.1 Å². The zero-order valence-corrected chi connectivity index (χ0v) is 8.76. The van der Waals surface area contributed by atoms with Crippen molar-refractivity contribution in [3.8, 4) is 11.5 Å². The molecule has 3 N–H and O–H groups in total. The summed E-state index contributed by atoms with van der Waals surface area (Å²) in [6, 6.07) is -0.0880. The zero-order chi connectivity index (χ0) is 13.2. The Balaban J connectivity index is 3.37. The molecule has 1 aromatic rings. The Bertz CT molecular complexity index is 439. The van der Waals surface area contributed by atoms with Crippen molar-refractivity contribution in [2.75, 3.05) is 7.11 Å². The van der Waals surface area contributed by atoms with Crippen molar-refractivity contribution in [1.82, 2.24) is 0 Å². The summed E-state index contributed by atoms with van der Waals surface area (Å²) in [5.74, 6) is -0.892. The number of alkyl halides is 2. The number of phenols is 1. The number of nitro groups is 1. The van der Waals surface area contributed by atoms with Gasteiger partial charge in [-0.25, -0.2) is 8.78 Å². The predicted octanol–water partition coefficient (Wildman–Crippen LogP) is 1.57. The van der Waals surface area contributed by atoms with Gasteiger partial charge in [0.15, 0.2) is 11.5 Å². The number of aromatic hydroxyl groups is 1. The molecular weight excluding hydrogens is 238 g/mol. The van der Waals surface area contributed by atoms with Gasteiger partial charge in [-0.1, -0.05) is 0 Å². The number of ether oxygens (including phenoxy) is 1. The molecule has 0 amide bonds. The van der Waals surface area contributed by atoms with Gasteiger partial charge in [0.25, 0.3) is 12.1 Å². The second-order valence-corrected chi connectivity index (χ2v) is 3.20. The highest BCUT2D eigenvalue weighted by atomic mass is 19.3. The lowest BCUT2D eigenvalue weighted by Crippen LogP contribution is -2.19. The molecule has 0 fully saturated rings. The molecule has 8 heteroatoms. The number of nitrogens with zero attached hydrogens (tertiary/aromatic N) is 1. The van der Waals surface area contributed by atoms with Gasteiger partial charge >= 0.3 is 0 Å². The number of phenolic OH excluding ortho intramolecular Hbond substituents is 1. The summed E-state index contributed by atoms with van der Waals surface area (Å²) in [7, 11) is 1.15. The summed E-state index contributed by atoms with van der Waals surface area (Å²) in [4.78, 5) is 9.78. The monoisotopic (exact) mass is 248 g/mol. The highest BCUT2D eigenvalue weighted by molar-refractivity contribution is 5.54. The number of benzene rings is 1. The smallest absolute Gasteiger partial charge is 0.273 e. The van der Waals surface area contributed by atoms with Gasteiger partial charge in [-0.15, -0.1) is 0 Å². The lowest BCUT2D eigenvalue weighted by Gasteiger charge is -2.14. The molecule has 0 heterocycles. The molecule has 94 valence electrons. The molecule has 1 aromatic carbocycles. The van der Waals surface area contributed by atoms with Crippen LogP contribution < -0.4 is 10.5 Å². The van der Waals surface area contributed by atoms with Crippen LogP contribution in [-0.4, -0.2) is 23.6 Å². The van der Waals surface area contributed by atoms with Crippen molar-refractivity contribution in [3.05, 3.63) is 27.8 Å². The fourth-order valence-electron chi connectivity index (χ4n) is 1.27. The average Bonchev–Trinajstić information content (AvgIpc) is 2.27. The van der Waals surface area contributed by atoms with Gasteiger partial charge in [-0.3, -0.25) is 10.1 Å². The van der Waals surface area contributed by atoms with Gasteiger partial charge in [-0.2, -0.15) is 0 Å². The van der Waals surface area contributed by atoms with Crippen molar-refractivity contribution in [1.29, 1.82) is 0 Å². The fraction of sp³-hybridized carbons (Fsp3) is 0.333. The van der Waals surface area contributed by atoms with Crippen LogP contribution in [0.2, 0.25) is 0 Å². The minimum absolute atomic E-state index is 0.273. The van der Waals surface area contributed by atoms with E-state index in [9.17, 15) is 24.0 Å². The maximum atomic E-state index is 12.4. The summed E-state index contributed by atoms with van der Waals surface area (Å²) in [5, 5.41) is 20.1. The van der Waals surface area contributed by atoms with Crippen LogP contribution in [0.3, 0.4) is 0 Å². The Hall–Kier alpha value is -1.96. The van der Waals surface area contributed by atoms with Crippen LogP contribution in [-0.2, 0) is 0 Å². The van der Waals surface area contributed by atoms with E-state index in [0.29, 0.717) is 0 Å². The lowest BCUT2D eigenvalue weighted by atomic mass is 10.1. The van der Waals surface area contributed by atoms with Crippen LogP contribution in [0.4, 0.5) is 14.5 Å². The van der Waals surface area contributed by atoms with Gasteiger partial charge in [0, 0.05) is 11.6 Å². The van der Waals surface area contributed by atoms with Crippen LogP contribution in [0.15, 0.2) is 12.1 Å². The number of hydrogen-bond acceptors (Lipinski definition) is 5. The first-order valence-electron chi connectivity index (χ1n) is 4.47. The SMILES string of the molecule is COc1cc([N+](=O)[O-])cc([C@H](N)C(F)F)c1O. The first-order valence-corrected chi connectivity index (χ1v) is 4.47. The molecule has 0 saturated carbocycles. The molecule has 0 bridgehead atoms. The number of non-ortho nitro benzene ring substituents is 1. The Morgan fingerprint density at radius 3 is 2.53 bits per heavy atom. The van der Waals surface area contributed by atoms with Crippen LogP contribution >= 0.6 is 0 Å². The van der Waals surface area contributed by atoms with Gasteiger partial charge in [0.2, 0.25) is 0 Å². The van der Waals surface area contributed by atoms with E-state index in [2.05, 4.69) is 4.74 Å².